The van der Waals surface area contributed by atoms with E-state index >= 15 is 0 Å². The van der Waals surface area contributed by atoms with E-state index in [0.717, 1.165) is 21.9 Å². The fourth-order valence-corrected chi connectivity index (χ4v) is 3.46. The molecule has 0 aliphatic heterocycles. The molecule has 0 aliphatic carbocycles. The molecule has 5 aromatic rings. The molecule has 4 aromatic carbocycles. The zero-order valence-corrected chi connectivity index (χ0v) is 15.7. The van der Waals surface area contributed by atoms with Crippen LogP contribution in [0.15, 0.2) is 102 Å². The van der Waals surface area contributed by atoms with E-state index in [1.165, 1.54) is 4.73 Å². The first-order valence-corrected chi connectivity index (χ1v) is 9.48. The van der Waals surface area contributed by atoms with Crippen LogP contribution in [-0.4, -0.2) is 9.71 Å². The largest absolute Gasteiger partial charge is 0.404 e. The summed E-state index contributed by atoms with van der Waals surface area (Å²) >= 11 is 0. The highest BCUT2D eigenvalue weighted by molar-refractivity contribution is 5.87. The summed E-state index contributed by atoms with van der Waals surface area (Å²) in [5.74, 6) is 0.496. The molecule has 0 spiro atoms. The Bertz CT molecular complexity index is 1370. The van der Waals surface area contributed by atoms with Crippen LogP contribution in [-0.2, 0) is 6.61 Å². The molecular formula is C25H18N2O2. The van der Waals surface area contributed by atoms with Gasteiger partial charge in [-0.1, -0.05) is 78.9 Å². The maximum Gasteiger partial charge on any atom is 0.294 e. The fourth-order valence-electron chi connectivity index (χ4n) is 3.46. The Balaban J connectivity index is 1.68. The van der Waals surface area contributed by atoms with Gasteiger partial charge in [-0.2, -0.15) is 0 Å². The third-order valence-electron chi connectivity index (χ3n) is 4.95. The highest BCUT2D eigenvalue weighted by Gasteiger charge is 2.14. The van der Waals surface area contributed by atoms with Gasteiger partial charge in [-0.25, -0.2) is 4.98 Å². The molecule has 29 heavy (non-hydrogen) atoms. The number of fused-ring (bicyclic) bond motifs is 2. The molecule has 0 saturated heterocycles. The van der Waals surface area contributed by atoms with Crippen LogP contribution in [0.1, 0.15) is 5.56 Å². The quantitative estimate of drug-likeness (QED) is 0.449. The zero-order valence-electron chi connectivity index (χ0n) is 15.7. The summed E-state index contributed by atoms with van der Waals surface area (Å²) in [4.78, 5) is 23.9. The highest BCUT2D eigenvalue weighted by Crippen LogP contribution is 2.23. The molecular weight excluding hydrogens is 360 g/mol. The lowest BCUT2D eigenvalue weighted by Gasteiger charge is -2.15. The molecule has 5 rings (SSSR count). The second-order valence-corrected chi connectivity index (χ2v) is 6.87. The van der Waals surface area contributed by atoms with Gasteiger partial charge in [0.1, 0.15) is 6.61 Å². The van der Waals surface area contributed by atoms with E-state index in [4.69, 9.17) is 9.82 Å². The van der Waals surface area contributed by atoms with Gasteiger partial charge in [0.15, 0.2) is 5.82 Å². The summed E-state index contributed by atoms with van der Waals surface area (Å²) < 4.78 is 1.32. The summed E-state index contributed by atoms with van der Waals surface area (Å²) in [5, 5.41) is 2.75. The first-order valence-electron chi connectivity index (χ1n) is 9.48. The minimum absolute atomic E-state index is 0.213. The summed E-state index contributed by atoms with van der Waals surface area (Å²) in [7, 11) is 0. The summed E-state index contributed by atoms with van der Waals surface area (Å²) in [6.07, 6.45) is 0. The van der Waals surface area contributed by atoms with Crippen LogP contribution in [0, 0.1) is 0 Å². The molecule has 0 bridgehead atoms. The number of rotatable bonds is 4. The second-order valence-electron chi connectivity index (χ2n) is 6.87. The van der Waals surface area contributed by atoms with Crippen molar-refractivity contribution in [2.24, 2.45) is 0 Å². The van der Waals surface area contributed by atoms with Gasteiger partial charge in [0.05, 0.1) is 10.9 Å². The molecule has 0 saturated carbocycles. The van der Waals surface area contributed by atoms with Crippen molar-refractivity contribution in [2.45, 2.75) is 6.61 Å². The molecule has 4 heteroatoms. The number of benzene rings is 4. The lowest BCUT2D eigenvalue weighted by atomic mass is 10.1. The Kier molecular flexibility index (Phi) is 4.30. The molecule has 0 atom stereocenters. The van der Waals surface area contributed by atoms with Crippen molar-refractivity contribution in [3.8, 4) is 11.4 Å². The highest BCUT2D eigenvalue weighted by atomic mass is 16.7. The number of hydrogen-bond donors (Lipinski definition) is 0. The Morgan fingerprint density at radius 1 is 0.759 bits per heavy atom. The first-order chi connectivity index (χ1) is 14.3. The van der Waals surface area contributed by atoms with Crippen molar-refractivity contribution in [2.75, 3.05) is 0 Å². The van der Waals surface area contributed by atoms with Crippen molar-refractivity contribution < 1.29 is 4.84 Å². The van der Waals surface area contributed by atoms with Gasteiger partial charge in [-0.05, 0) is 34.5 Å². The van der Waals surface area contributed by atoms with E-state index in [9.17, 15) is 4.79 Å². The van der Waals surface area contributed by atoms with Gasteiger partial charge in [0.2, 0.25) is 0 Å². The topological polar surface area (TPSA) is 44.1 Å². The molecule has 140 valence electrons. The van der Waals surface area contributed by atoms with E-state index in [2.05, 4.69) is 6.07 Å². The second kappa shape index (κ2) is 7.24. The van der Waals surface area contributed by atoms with Crippen molar-refractivity contribution in [3.63, 3.8) is 0 Å². The Morgan fingerprint density at radius 3 is 2.34 bits per heavy atom. The van der Waals surface area contributed by atoms with Gasteiger partial charge in [0.25, 0.3) is 5.56 Å². The van der Waals surface area contributed by atoms with Gasteiger partial charge in [0, 0.05) is 5.56 Å². The smallest absolute Gasteiger partial charge is 0.294 e. The average Bonchev–Trinajstić information content (AvgIpc) is 2.79. The Labute approximate surface area is 167 Å². The number of hydrogen-bond acceptors (Lipinski definition) is 3. The monoisotopic (exact) mass is 378 g/mol. The maximum atomic E-state index is 13.2. The summed E-state index contributed by atoms with van der Waals surface area (Å²) in [6.45, 7) is 0.279. The number of para-hydroxylation sites is 1. The standard InChI is InChI=1S/C25H18N2O2/c28-25-22-12-6-7-13-23(22)26-24(27(25)29-17-18-8-2-1-3-9-18)21-15-14-19-10-4-5-11-20(19)16-21/h1-16H,17H2. The third-order valence-corrected chi connectivity index (χ3v) is 4.95. The number of nitrogens with zero attached hydrogens (tertiary/aromatic N) is 2. The molecule has 4 nitrogen and oxygen atoms in total. The fraction of sp³-hybridized carbons (Fsp3) is 0.0400. The first kappa shape index (κ1) is 17.2. The maximum absolute atomic E-state index is 13.2. The van der Waals surface area contributed by atoms with Crippen molar-refractivity contribution in [1.82, 2.24) is 9.71 Å². The van der Waals surface area contributed by atoms with Crippen molar-refractivity contribution in [1.29, 1.82) is 0 Å². The van der Waals surface area contributed by atoms with E-state index in [-0.39, 0.29) is 12.2 Å². The lowest BCUT2D eigenvalue weighted by Crippen LogP contribution is -2.29. The van der Waals surface area contributed by atoms with Crippen LogP contribution in [0.4, 0.5) is 0 Å². The Hall–Kier alpha value is -3.92. The molecule has 1 heterocycles. The van der Waals surface area contributed by atoms with E-state index in [0.29, 0.717) is 16.7 Å². The minimum atomic E-state index is -0.213. The van der Waals surface area contributed by atoms with Crippen molar-refractivity contribution >= 4 is 21.7 Å². The average molecular weight is 378 g/mol. The molecule has 1 aromatic heterocycles. The minimum Gasteiger partial charge on any atom is -0.404 e. The van der Waals surface area contributed by atoms with Crippen LogP contribution in [0.3, 0.4) is 0 Å². The summed E-state index contributed by atoms with van der Waals surface area (Å²) in [5.41, 5.74) is 2.26. The van der Waals surface area contributed by atoms with Crippen LogP contribution in [0.5, 0.6) is 0 Å². The SMILES string of the molecule is O=c1c2ccccc2nc(-c2ccc3ccccc3c2)n1OCc1ccccc1. The predicted octanol–water partition coefficient (Wildman–Crippen LogP) is 4.85. The predicted molar refractivity (Wildman–Crippen MR) is 116 cm³/mol. The normalized spacial score (nSPS) is 11.0. The third kappa shape index (κ3) is 3.25. The van der Waals surface area contributed by atoms with Crippen LogP contribution < -0.4 is 10.4 Å². The summed E-state index contributed by atoms with van der Waals surface area (Å²) in [6, 6.07) is 31.3. The lowest BCUT2D eigenvalue weighted by molar-refractivity contribution is 0.0921. The number of aromatic nitrogens is 2. The van der Waals surface area contributed by atoms with Gasteiger partial charge in [-0.3, -0.25) is 4.79 Å². The molecule has 0 unspecified atom stereocenters. The Morgan fingerprint density at radius 2 is 1.48 bits per heavy atom. The van der Waals surface area contributed by atoms with E-state index < -0.39 is 0 Å². The molecule has 0 amide bonds. The van der Waals surface area contributed by atoms with Crippen molar-refractivity contribution in [3.05, 3.63) is 113 Å². The molecule has 0 N–H and O–H groups in total. The van der Waals surface area contributed by atoms with Crippen LogP contribution >= 0.6 is 0 Å². The van der Waals surface area contributed by atoms with Gasteiger partial charge in [-0.15, -0.1) is 4.73 Å². The van der Waals surface area contributed by atoms with Crippen LogP contribution in [0.25, 0.3) is 33.1 Å². The van der Waals surface area contributed by atoms with Gasteiger partial charge >= 0.3 is 0 Å². The molecule has 0 aliphatic rings. The van der Waals surface area contributed by atoms with E-state index in [1.54, 1.807) is 6.07 Å². The van der Waals surface area contributed by atoms with Gasteiger partial charge < -0.3 is 4.84 Å². The molecule has 0 fully saturated rings. The zero-order chi connectivity index (χ0) is 19.6. The van der Waals surface area contributed by atoms with E-state index in [1.807, 2.05) is 84.9 Å². The van der Waals surface area contributed by atoms with Crippen LogP contribution in [0.2, 0.25) is 0 Å². The molecule has 0 radical (unpaired) electrons.